The second-order valence-corrected chi connectivity index (χ2v) is 8.28. The average Bonchev–Trinajstić information content (AvgIpc) is 3.16. The van der Waals surface area contributed by atoms with E-state index in [1.54, 1.807) is 0 Å². The Morgan fingerprint density at radius 2 is 2.06 bits per heavy atom. The van der Waals surface area contributed by atoms with Crippen LogP contribution < -0.4 is 20.3 Å². The van der Waals surface area contributed by atoms with E-state index >= 15 is 0 Å². The lowest BCUT2D eigenvalue weighted by molar-refractivity contribution is 0.119. The highest BCUT2D eigenvalue weighted by molar-refractivity contribution is 14.0. The second-order valence-electron chi connectivity index (χ2n) is 8.28. The summed E-state index contributed by atoms with van der Waals surface area (Å²) in [6.45, 7) is 5.58. The van der Waals surface area contributed by atoms with Gasteiger partial charge in [0.1, 0.15) is 5.75 Å². The minimum absolute atomic E-state index is 0. The van der Waals surface area contributed by atoms with Crippen molar-refractivity contribution in [1.29, 1.82) is 0 Å². The minimum Gasteiger partial charge on any atom is -0.490 e. The molecule has 1 aromatic carbocycles. The Kier molecular flexibility index (Phi) is 8.86. The Morgan fingerprint density at radius 3 is 2.77 bits per heavy atom. The number of benzene rings is 1. The number of nitrogens with zero attached hydrogens (tertiary/aromatic N) is 4. The predicted octanol–water partition coefficient (Wildman–Crippen LogP) is 3.69. The number of anilines is 1. The van der Waals surface area contributed by atoms with E-state index in [2.05, 4.69) is 52.0 Å². The van der Waals surface area contributed by atoms with E-state index in [9.17, 15) is 0 Å². The Balaban J connectivity index is 0.00000272. The number of guanidine groups is 1. The van der Waals surface area contributed by atoms with Crippen LogP contribution in [0.15, 0.2) is 41.7 Å². The van der Waals surface area contributed by atoms with Gasteiger partial charge in [-0.25, -0.2) is 4.99 Å². The van der Waals surface area contributed by atoms with E-state index in [0.717, 1.165) is 62.6 Å². The lowest BCUT2D eigenvalue weighted by atomic mass is 9.96. The molecule has 1 aliphatic heterocycles. The van der Waals surface area contributed by atoms with Gasteiger partial charge < -0.3 is 20.3 Å². The lowest BCUT2D eigenvalue weighted by Gasteiger charge is -2.34. The summed E-state index contributed by atoms with van der Waals surface area (Å²) in [5.41, 5.74) is 2.33. The molecule has 1 aliphatic carbocycles. The summed E-state index contributed by atoms with van der Waals surface area (Å²) < 4.78 is 8.03. The molecule has 0 amide bonds. The maximum absolute atomic E-state index is 6.16. The molecule has 1 aromatic heterocycles. The van der Waals surface area contributed by atoms with Crippen LogP contribution in [0.3, 0.4) is 0 Å². The molecule has 31 heavy (non-hydrogen) atoms. The van der Waals surface area contributed by atoms with Gasteiger partial charge in [-0.1, -0.05) is 18.2 Å². The minimum atomic E-state index is 0. The molecule has 1 saturated carbocycles. The third kappa shape index (κ3) is 6.51. The summed E-state index contributed by atoms with van der Waals surface area (Å²) in [5.74, 6) is 1.84. The number of aliphatic imine (C=N–C) groups is 1. The smallest absolute Gasteiger partial charge is 0.191 e. The van der Waals surface area contributed by atoms with Crippen LogP contribution >= 0.6 is 24.0 Å². The molecule has 0 bridgehead atoms. The monoisotopic (exact) mass is 538 g/mol. The van der Waals surface area contributed by atoms with Gasteiger partial charge in [0.15, 0.2) is 5.96 Å². The summed E-state index contributed by atoms with van der Waals surface area (Å²) in [7, 11) is 1.96. The number of piperidine rings is 1. The molecule has 8 heteroatoms. The molecule has 1 atom stereocenters. The largest absolute Gasteiger partial charge is 0.490 e. The molecular weight excluding hydrogens is 503 g/mol. The predicted molar refractivity (Wildman–Crippen MR) is 137 cm³/mol. The van der Waals surface area contributed by atoms with Crippen LogP contribution in [-0.4, -0.2) is 47.5 Å². The molecule has 4 rings (SSSR count). The molecule has 2 fully saturated rings. The molecule has 0 spiro atoms. The number of nitrogens with one attached hydrogen (secondary N) is 2. The van der Waals surface area contributed by atoms with Gasteiger partial charge in [-0.3, -0.25) is 4.68 Å². The highest BCUT2D eigenvalue weighted by Gasteiger charge is 2.22. The normalized spacial score (nSPS) is 19.4. The molecule has 2 aromatic rings. The number of ether oxygens (including phenoxy) is 1. The van der Waals surface area contributed by atoms with Crippen molar-refractivity contribution in [3.8, 4) is 5.75 Å². The summed E-state index contributed by atoms with van der Waals surface area (Å²) in [5, 5.41) is 11.4. The van der Waals surface area contributed by atoms with Crippen LogP contribution in [0.25, 0.3) is 0 Å². The van der Waals surface area contributed by atoms with Crippen LogP contribution in [0.1, 0.15) is 44.6 Å². The fourth-order valence-corrected chi connectivity index (χ4v) is 4.00. The quantitative estimate of drug-likeness (QED) is 0.320. The molecular formula is C23H35IN6O. The number of hydrogen-bond acceptors (Lipinski definition) is 4. The number of hydrogen-bond donors (Lipinski definition) is 2. The van der Waals surface area contributed by atoms with E-state index in [1.165, 1.54) is 12.1 Å². The summed E-state index contributed by atoms with van der Waals surface area (Å²) in [6.07, 6.45) is 10.3. The Bertz CT molecular complexity index is 850. The highest BCUT2D eigenvalue weighted by atomic mass is 127. The van der Waals surface area contributed by atoms with Crippen molar-refractivity contribution in [2.45, 2.75) is 57.7 Å². The second kappa shape index (κ2) is 11.6. The van der Waals surface area contributed by atoms with Crippen LogP contribution in [0.5, 0.6) is 5.75 Å². The Morgan fingerprint density at radius 1 is 1.23 bits per heavy atom. The van der Waals surface area contributed by atoms with Crippen LogP contribution in [0.2, 0.25) is 0 Å². The summed E-state index contributed by atoms with van der Waals surface area (Å²) in [6, 6.07) is 8.64. The molecule has 2 aliphatic rings. The molecule has 170 valence electrons. The fraction of sp³-hybridized carbons (Fsp3) is 0.565. The summed E-state index contributed by atoms with van der Waals surface area (Å²) in [4.78, 5) is 7.27. The molecule has 0 radical (unpaired) electrons. The maximum atomic E-state index is 6.16. The number of para-hydroxylation sites is 1. The zero-order valence-electron chi connectivity index (χ0n) is 18.6. The third-order valence-corrected chi connectivity index (χ3v) is 5.89. The van der Waals surface area contributed by atoms with Gasteiger partial charge >= 0.3 is 0 Å². The lowest BCUT2D eigenvalue weighted by Crippen LogP contribution is -2.51. The first-order valence-electron chi connectivity index (χ1n) is 11.2. The maximum Gasteiger partial charge on any atom is 0.191 e. The number of aromatic nitrogens is 2. The standard InChI is InChI=1S/C23H34N6O.HI/c1-3-24-23(25-14-18-8-4-5-12-22(18)30-21-10-6-11-21)27-19-9-7-13-29(16-19)20-15-26-28(2)17-20;/h4-5,8,12,15,17,19,21H,3,6-7,9-11,13-14,16H2,1-2H3,(H2,24,25,27);1H. The Hall–Kier alpha value is -1.97. The zero-order valence-corrected chi connectivity index (χ0v) is 20.9. The van der Waals surface area contributed by atoms with E-state index in [1.807, 2.05) is 24.0 Å². The topological polar surface area (TPSA) is 66.7 Å². The van der Waals surface area contributed by atoms with Crippen molar-refractivity contribution in [2.24, 2.45) is 12.0 Å². The van der Waals surface area contributed by atoms with Crippen molar-refractivity contribution >= 4 is 35.6 Å². The highest BCUT2D eigenvalue weighted by Crippen LogP contribution is 2.28. The third-order valence-electron chi connectivity index (χ3n) is 5.89. The molecule has 1 unspecified atom stereocenters. The van der Waals surface area contributed by atoms with Crippen molar-refractivity contribution in [3.63, 3.8) is 0 Å². The van der Waals surface area contributed by atoms with E-state index in [4.69, 9.17) is 9.73 Å². The summed E-state index contributed by atoms with van der Waals surface area (Å²) >= 11 is 0. The number of halogens is 1. The van der Waals surface area contributed by atoms with Gasteiger partial charge in [0.25, 0.3) is 0 Å². The van der Waals surface area contributed by atoms with Crippen molar-refractivity contribution in [2.75, 3.05) is 24.5 Å². The van der Waals surface area contributed by atoms with Gasteiger partial charge in [0, 0.05) is 44.5 Å². The molecule has 2 heterocycles. The first-order chi connectivity index (χ1) is 14.7. The Labute approximate surface area is 202 Å². The van der Waals surface area contributed by atoms with Crippen molar-refractivity contribution in [1.82, 2.24) is 20.4 Å². The molecule has 7 nitrogen and oxygen atoms in total. The van der Waals surface area contributed by atoms with Gasteiger partial charge in [0.2, 0.25) is 0 Å². The number of aryl methyl sites for hydroxylation is 1. The first-order valence-corrected chi connectivity index (χ1v) is 11.2. The molecule has 1 saturated heterocycles. The average molecular weight is 538 g/mol. The van der Waals surface area contributed by atoms with Gasteiger partial charge in [-0.2, -0.15) is 5.10 Å². The van der Waals surface area contributed by atoms with E-state index < -0.39 is 0 Å². The SMILES string of the molecule is CCNC(=NCc1ccccc1OC1CCC1)NC1CCCN(c2cnn(C)c2)C1.I. The van der Waals surface area contributed by atoms with Gasteiger partial charge in [-0.15, -0.1) is 24.0 Å². The van der Waals surface area contributed by atoms with Crippen LogP contribution in [0, 0.1) is 0 Å². The fourth-order valence-electron chi connectivity index (χ4n) is 4.00. The number of rotatable bonds is 7. The zero-order chi connectivity index (χ0) is 20.8. The van der Waals surface area contributed by atoms with E-state index in [0.29, 0.717) is 18.7 Å². The van der Waals surface area contributed by atoms with Crippen molar-refractivity contribution in [3.05, 3.63) is 42.2 Å². The first kappa shape index (κ1) is 23.7. The van der Waals surface area contributed by atoms with Crippen LogP contribution in [0.4, 0.5) is 5.69 Å². The van der Waals surface area contributed by atoms with Gasteiger partial charge in [-0.05, 0) is 45.1 Å². The van der Waals surface area contributed by atoms with Crippen LogP contribution in [-0.2, 0) is 13.6 Å². The molecule has 2 N–H and O–H groups in total. The van der Waals surface area contributed by atoms with Gasteiger partial charge in [0.05, 0.1) is 24.5 Å². The van der Waals surface area contributed by atoms with E-state index in [-0.39, 0.29) is 24.0 Å². The van der Waals surface area contributed by atoms with Crippen molar-refractivity contribution < 1.29 is 4.74 Å².